The standard InChI is InChI=1S/C16H25BrN2O5S/c1-22-8-7-19-6-4-5-12(19)11-18-25(20,21)16-10-15(24-3)14(23-2)9-13(16)17/h9-10,12,18H,4-8,11H2,1-3H3. The van der Waals surface area contributed by atoms with E-state index in [1.165, 1.54) is 20.3 Å². The third-order valence-electron chi connectivity index (χ3n) is 4.32. The maximum absolute atomic E-state index is 12.7. The molecule has 9 heteroatoms. The molecule has 25 heavy (non-hydrogen) atoms. The summed E-state index contributed by atoms with van der Waals surface area (Å²) < 4.78 is 44.1. The van der Waals surface area contributed by atoms with E-state index in [0.717, 1.165) is 25.9 Å². The van der Waals surface area contributed by atoms with Crippen LogP contribution in [-0.4, -0.2) is 66.9 Å². The Kier molecular flexibility index (Phi) is 7.51. The number of halogens is 1. The molecular weight excluding hydrogens is 412 g/mol. The van der Waals surface area contributed by atoms with E-state index in [1.54, 1.807) is 13.2 Å². The fraction of sp³-hybridized carbons (Fsp3) is 0.625. The molecule has 1 atom stereocenters. The summed E-state index contributed by atoms with van der Waals surface area (Å²) in [7, 11) is 0.978. The summed E-state index contributed by atoms with van der Waals surface area (Å²) in [5, 5.41) is 0. The molecule has 0 aliphatic carbocycles. The quantitative estimate of drug-likeness (QED) is 0.636. The average molecular weight is 437 g/mol. The topological polar surface area (TPSA) is 77.1 Å². The Morgan fingerprint density at radius 3 is 2.56 bits per heavy atom. The first-order valence-corrected chi connectivity index (χ1v) is 10.3. The van der Waals surface area contributed by atoms with E-state index in [0.29, 0.717) is 29.1 Å². The zero-order chi connectivity index (χ0) is 18.4. The second-order valence-electron chi connectivity index (χ2n) is 5.81. The molecular formula is C16H25BrN2O5S. The van der Waals surface area contributed by atoms with Crippen molar-refractivity contribution in [2.45, 2.75) is 23.8 Å². The molecule has 1 saturated heterocycles. The molecule has 0 spiro atoms. The van der Waals surface area contributed by atoms with Crippen molar-refractivity contribution in [1.29, 1.82) is 0 Å². The van der Waals surface area contributed by atoms with Gasteiger partial charge in [0.25, 0.3) is 0 Å². The number of likely N-dealkylation sites (tertiary alicyclic amines) is 1. The minimum absolute atomic E-state index is 0.131. The fourth-order valence-electron chi connectivity index (χ4n) is 2.95. The molecule has 1 aromatic carbocycles. The Labute approximate surface area is 157 Å². The fourth-order valence-corrected chi connectivity index (χ4v) is 5.06. The molecule has 0 saturated carbocycles. The van der Waals surface area contributed by atoms with Crippen molar-refractivity contribution in [1.82, 2.24) is 9.62 Å². The Bertz CT molecular complexity index is 683. The van der Waals surface area contributed by atoms with Crippen LogP contribution >= 0.6 is 15.9 Å². The molecule has 0 bridgehead atoms. The predicted molar refractivity (Wildman–Crippen MR) is 98.9 cm³/mol. The minimum Gasteiger partial charge on any atom is -0.493 e. The van der Waals surface area contributed by atoms with Crippen LogP contribution in [0.5, 0.6) is 11.5 Å². The molecule has 1 fully saturated rings. The first kappa shape index (κ1) is 20.4. The lowest BCUT2D eigenvalue weighted by atomic mass is 10.2. The molecule has 0 aromatic heterocycles. The maximum Gasteiger partial charge on any atom is 0.241 e. The molecule has 1 aliphatic heterocycles. The van der Waals surface area contributed by atoms with Crippen LogP contribution in [0.25, 0.3) is 0 Å². The van der Waals surface area contributed by atoms with Crippen LogP contribution in [0.15, 0.2) is 21.5 Å². The first-order valence-electron chi connectivity index (χ1n) is 8.07. The Morgan fingerprint density at radius 2 is 1.92 bits per heavy atom. The number of ether oxygens (including phenoxy) is 3. The van der Waals surface area contributed by atoms with Crippen LogP contribution in [-0.2, 0) is 14.8 Å². The number of methoxy groups -OCH3 is 3. The van der Waals surface area contributed by atoms with E-state index >= 15 is 0 Å². The number of nitrogens with zero attached hydrogens (tertiary/aromatic N) is 1. The van der Waals surface area contributed by atoms with Crippen LogP contribution < -0.4 is 14.2 Å². The Hall–Kier alpha value is -0.870. The highest BCUT2D eigenvalue weighted by molar-refractivity contribution is 9.10. The van der Waals surface area contributed by atoms with Crippen LogP contribution in [0.4, 0.5) is 0 Å². The summed E-state index contributed by atoms with van der Waals surface area (Å²) in [6.07, 6.45) is 2.04. The van der Waals surface area contributed by atoms with Crippen LogP contribution in [0, 0.1) is 0 Å². The summed E-state index contributed by atoms with van der Waals surface area (Å²) in [6.45, 7) is 2.79. The predicted octanol–water partition coefficient (Wildman–Crippen LogP) is 1.86. The van der Waals surface area contributed by atoms with Gasteiger partial charge < -0.3 is 14.2 Å². The first-order chi connectivity index (χ1) is 11.9. The van der Waals surface area contributed by atoms with Crippen molar-refractivity contribution in [3.8, 4) is 11.5 Å². The third kappa shape index (κ3) is 5.07. The number of sulfonamides is 1. The highest BCUT2D eigenvalue weighted by Gasteiger charge is 2.27. The lowest BCUT2D eigenvalue weighted by molar-refractivity contribution is 0.141. The van der Waals surface area contributed by atoms with Gasteiger partial charge >= 0.3 is 0 Å². The summed E-state index contributed by atoms with van der Waals surface area (Å²) in [4.78, 5) is 2.39. The van der Waals surface area contributed by atoms with Crippen molar-refractivity contribution in [2.75, 3.05) is 47.6 Å². The second-order valence-corrected chi connectivity index (χ2v) is 8.40. The molecule has 2 rings (SSSR count). The van der Waals surface area contributed by atoms with E-state index < -0.39 is 10.0 Å². The largest absolute Gasteiger partial charge is 0.493 e. The third-order valence-corrected chi connectivity index (χ3v) is 6.70. The van der Waals surface area contributed by atoms with Gasteiger partial charge in [0.1, 0.15) is 4.90 Å². The lowest BCUT2D eigenvalue weighted by Crippen LogP contribution is -2.41. The van der Waals surface area contributed by atoms with E-state index in [9.17, 15) is 8.42 Å². The van der Waals surface area contributed by atoms with Crippen molar-refractivity contribution >= 4 is 26.0 Å². The van der Waals surface area contributed by atoms with Crippen molar-refractivity contribution in [3.63, 3.8) is 0 Å². The lowest BCUT2D eigenvalue weighted by Gasteiger charge is -2.24. The molecule has 1 heterocycles. The highest BCUT2D eigenvalue weighted by atomic mass is 79.9. The van der Waals surface area contributed by atoms with E-state index in [-0.39, 0.29) is 10.9 Å². The van der Waals surface area contributed by atoms with Gasteiger partial charge in [0.2, 0.25) is 10.0 Å². The summed E-state index contributed by atoms with van der Waals surface area (Å²) in [5.41, 5.74) is 0. The van der Waals surface area contributed by atoms with Gasteiger partial charge in [-0.2, -0.15) is 0 Å². The molecule has 0 radical (unpaired) electrons. The van der Waals surface area contributed by atoms with Crippen molar-refractivity contribution in [3.05, 3.63) is 16.6 Å². The van der Waals surface area contributed by atoms with Crippen LogP contribution in [0.2, 0.25) is 0 Å². The summed E-state index contributed by atoms with van der Waals surface area (Å²) in [6, 6.07) is 3.24. The van der Waals surface area contributed by atoms with E-state index in [1.807, 2.05) is 0 Å². The van der Waals surface area contributed by atoms with Crippen LogP contribution in [0.1, 0.15) is 12.8 Å². The Morgan fingerprint density at radius 1 is 1.24 bits per heavy atom. The summed E-state index contributed by atoms with van der Waals surface area (Å²) >= 11 is 3.31. The number of rotatable bonds is 9. The molecule has 1 aliphatic rings. The Balaban J connectivity index is 2.11. The second kappa shape index (κ2) is 9.18. The number of nitrogens with one attached hydrogen (secondary N) is 1. The zero-order valence-electron chi connectivity index (χ0n) is 14.7. The highest BCUT2D eigenvalue weighted by Crippen LogP contribution is 2.35. The number of benzene rings is 1. The zero-order valence-corrected chi connectivity index (χ0v) is 17.2. The van der Waals surface area contributed by atoms with E-state index in [4.69, 9.17) is 14.2 Å². The van der Waals surface area contributed by atoms with Gasteiger partial charge in [-0.05, 0) is 41.4 Å². The number of hydrogen-bond donors (Lipinski definition) is 1. The van der Waals surface area contributed by atoms with Gasteiger partial charge in [-0.3, -0.25) is 4.90 Å². The monoisotopic (exact) mass is 436 g/mol. The average Bonchev–Trinajstić information content (AvgIpc) is 3.05. The molecule has 1 unspecified atom stereocenters. The van der Waals surface area contributed by atoms with Crippen molar-refractivity contribution < 1.29 is 22.6 Å². The normalized spacial score (nSPS) is 18.5. The molecule has 1 N–H and O–H groups in total. The smallest absolute Gasteiger partial charge is 0.241 e. The van der Waals surface area contributed by atoms with Gasteiger partial charge in [-0.1, -0.05) is 0 Å². The molecule has 7 nitrogen and oxygen atoms in total. The summed E-state index contributed by atoms with van der Waals surface area (Å²) in [5.74, 6) is 0.837. The SMILES string of the molecule is COCCN1CCCC1CNS(=O)(=O)c1cc(OC)c(OC)cc1Br. The van der Waals surface area contributed by atoms with Crippen LogP contribution in [0.3, 0.4) is 0 Å². The minimum atomic E-state index is -3.67. The van der Waals surface area contributed by atoms with Gasteiger partial charge in [0, 0.05) is 36.8 Å². The molecule has 1 aromatic rings. The number of hydrogen-bond acceptors (Lipinski definition) is 6. The maximum atomic E-state index is 12.7. The van der Waals surface area contributed by atoms with Gasteiger partial charge in [-0.15, -0.1) is 0 Å². The van der Waals surface area contributed by atoms with Gasteiger partial charge in [-0.25, -0.2) is 13.1 Å². The molecule has 0 amide bonds. The van der Waals surface area contributed by atoms with Crippen molar-refractivity contribution in [2.24, 2.45) is 0 Å². The molecule has 142 valence electrons. The van der Waals surface area contributed by atoms with Gasteiger partial charge in [0.05, 0.1) is 20.8 Å². The van der Waals surface area contributed by atoms with Gasteiger partial charge in [0.15, 0.2) is 11.5 Å². The van der Waals surface area contributed by atoms with E-state index in [2.05, 4.69) is 25.6 Å².